The first kappa shape index (κ1) is 15.4. The standard InChI is InChI=1S/C16H20INO2/c1-12-6-7-14-13(10-12)11-15(20-14)16(19)18-9-5-3-2-4-8-17/h6-7,10-11H,2-5,8-9H2,1H3,(H,18,19). The van der Waals surface area contributed by atoms with E-state index in [4.69, 9.17) is 4.42 Å². The molecule has 1 heterocycles. The zero-order valence-corrected chi connectivity index (χ0v) is 13.9. The van der Waals surface area contributed by atoms with Gasteiger partial charge in [-0.2, -0.15) is 0 Å². The van der Waals surface area contributed by atoms with Gasteiger partial charge in [0.25, 0.3) is 5.91 Å². The molecule has 0 aliphatic rings. The molecule has 4 heteroatoms. The number of rotatable bonds is 7. The third kappa shape index (κ3) is 4.23. The zero-order valence-electron chi connectivity index (χ0n) is 11.7. The summed E-state index contributed by atoms with van der Waals surface area (Å²) in [6.45, 7) is 2.75. The van der Waals surface area contributed by atoms with Crippen molar-refractivity contribution in [3.8, 4) is 0 Å². The van der Waals surface area contributed by atoms with Crippen molar-refractivity contribution in [1.82, 2.24) is 5.32 Å². The number of hydrogen-bond donors (Lipinski definition) is 1. The molecule has 20 heavy (non-hydrogen) atoms. The minimum absolute atomic E-state index is 0.118. The van der Waals surface area contributed by atoms with Crippen molar-refractivity contribution in [1.29, 1.82) is 0 Å². The van der Waals surface area contributed by atoms with Crippen molar-refractivity contribution in [2.75, 3.05) is 11.0 Å². The lowest BCUT2D eigenvalue weighted by Gasteiger charge is -2.02. The molecule has 0 fully saturated rings. The number of furan rings is 1. The highest BCUT2D eigenvalue weighted by molar-refractivity contribution is 14.1. The highest BCUT2D eigenvalue weighted by Gasteiger charge is 2.11. The van der Waals surface area contributed by atoms with E-state index in [0.29, 0.717) is 5.76 Å². The molecule has 1 aromatic carbocycles. The van der Waals surface area contributed by atoms with Crippen LogP contribution in [-0.2, 0) is 0 Å². The Hall–Kier alpha value is -1.04. The van der Waals surface area contributed by atoms with Crippen LogP contribution in [0.5, 0.6) is 0 Å². The highest BCUT2D eigenvalue weighted by Crippen LogP contribution is 2.20. The number of amides is 1. The number of aryl methyl sites for hydroxylation is 1. The molecule has 1 aromatic heterocycles. The van der Waals surface area contributed by atoms with Crippen molar-refractivity contribution >= 4 is 39.5 Å². The van der Waals surface area contributed by atoms with Crippen molar-refractivity contribution in [2.45, 2.75) is 32.6 Å². The first-order valence-corrected chi connectivity index (χ1v) is 8.57. The Bertz CT molecular complexity index is 577. The van der Waals surface area contributed by atoms with Crippen LogP contribution in [0.4, 0.5) is 0 Å². The van der Waals surface area contributed by atoms with Gasteiger partial charge in [-0.1, -0.05) is 47.1 Å². The summed E-state index contributed by atoms with van der Waals surface area (Å²) in [6, 6.07) is 7.74. The molecular formula is C16H20INO2. The van der Waals surface area contributed by atoms with Gasteiger partial charge in [-0.15, -0.1) is 0 Å². The molecule has 0 radical (unpaired) electrons. The third-order valence-electron chi connectivity index (χ3n) is 3.24. The molecule has 108 valence electrons. The SMILES string of the molecule is Cc1ccc2oc(C(=O)NCCCCCCI)cc2c1. The number of carbonyl (C=O) groups excluding carboxylic acids is 1. The van der Waals surface area contributed by atoms with Gasteiger partial charge >= 0.3 is 0 Å². The van der Waals surface area contributed by atoms with Crippen molar-refractivity contribution in [3.63, 3.8) is 0 Å². The van der Waals surface area contributed by atoms with Crippen molar-refractivity contribution in [3.05, 3.63) is 35.6 Å². The van der Waals surface area contributed by atoms with E-state index in [1.54, 1.807) is 0 Å². The van der Waals surface area contributed by atoms with Gasteiger partial charge in [-0.3, -0.25) is 4.79 Å². The van der Waals surface area contributed by atoms with Crippen LogP contribution < -0.4 is 5.32 Å². The number of carbonyl (C=O) groups is 1. The lowest BCUT2D eigenvalue weighted by molar-refractivity contribution is 0.0927. The number of alkyl halides is 1. The summed E-state index contributed by atoms with van der Waals surface area (Å²) in [5.41, 5.74) is 1.93. The Morgan fingerprint density at radius 2 is 2.00 bits per heavy atom. The Morgan fingerprint density at radius 3 is 2.80 bits per heavy atom. The fraction of sp³-hybridized carbons (Fsp3) is 0.438. The van der Waals surface area contributed by atoms with Gasteiger partial charge in [-0.25, -0.2) is 0 Å². The van der Waals surface area contributed by atoms with Crippen LogP contribution in [0.25, 0.3) is 11.0 Å². The Kier molecular flexibility index (Phi) is 5.88. The average Bonchev–Trinajstić information content (AvgIpc) is 2.85. The van der Waals surface area contributed by atoms with Gasteiger partial charge in [-0.05, 0) is 42.4 Å². The number of fused-ring (bicyclic) bond motifs is 1. The van der Waals surface area contributed by atoms with Gasteiger partial charge in [0.1, 0.15) is 5.58 Å². The summed E-state index contributed by atoms with van der Waals surface area (Å²) < 4.78 is 6.78. The number of hydrogen-bond acceptors (Lipinski definition) is 2. The second-order valence-corrected chi connectivity index (χ2v) is 6.09. The molecule has 2 rings (SSSR count). The van der Waals surface area contributed by atoms with Gasteiger partial charge in [0, 0.05) is 11.9 Å². The molecule has 0 atom stereocenters. The summed E-state index contributed by atoms with van der Waals surface area (Å²) in [4.78, 5) is 12.0. The predicted octanol–water partition coefficient (Wildman–Crippen LogP) is 4.47. The molecule has 0 spiro atoms. The first-order chi connectivity index (χ1) is 9.70. The lowest BCUT2D eigenvalue weighted by Crippen LogP contribution is -2.23. The van der Waals surface area contributed by atoms with E-state index in [1.165, 1.54) is 29.3 Å². The fourth-order valence-electron chi connectivity index (χ4n) is 2.14. The van der Waals surface area contributed by atoms with E-state index in [0.717, 1.165) is 23.9 Å². The molecule has 0 saturated carbocycles. The van der Waals surface area contributed by atoms with Gasteiger partial charge in [0.05, 0.1) is 0 Å². The van der Waals surface area contributed by atoms with Crippen LogP contribution in [0, 0.1) is 6.92 Å². The normalized spacial score (nSPS) is 10.9. The summed E-state index contributed by atoms with van der Waals surface area (Å²) in [7, 11) is 0. The smallest absolute Gasteiger partial charge is 0.287 e. The van der Waals surface area contributed by atoms with Crippen LogP contribution in [-0.4, -0.2) is 16.9 Å². The van der Waals surface area contributed by atoms with E-state index < -0.39 is 0 Å². The minimum atomic E-state index is -0.118. The maximum Gasteiger partial charge on any atom is 0.287 e. The quantitative estimate of drug-likeness (QED) is 0.434. The number of nitrogens with one attached hydrogen (secondary N) is 1. The zero-order chi connectivity index (χ0) is 14.4. The highest BCUT2D eigenvalue weighted by atomic mass is 127. The Labute approximate surface area is 133 Å². The topological polar surface area (TPSA) is 42.2 Å². The second-order valence-electron chi connectivity index (χ2n) is 5.01. The summed E-state index contributed by atoms with van der Waals surface area (Å²) >= 11 is 2.39. The number of benzene rings is 1. The maximum absolute atomic E-state index is 12.0. The second kappa shape index (κ2) is 7.67. The lowest BCUT2D eigenvalue weighted by atomic mass is 10.2. The van der Waals surface area contributed by atoms with Crippen LogP contribution >= 0.6 is 22.6 Å². The predicted molar refractivity (Wildman–Crippen MR) is 90.6 cm³/mol. The summed E-state index contributed by atoms with van der Waals surface area (Å²) in [5, 5.41) is 3.90. The first-order valence-electron chi connectivity index (χ1n) is 7.05. The number of unbranched alkanes of at least 4 members (excludes halogenated alkanes) is 3. The van der Waals surface area contributed by atoms with Gasteiger partial charge in [0.2, 0.25) is 0 Å². The van der Waals surface area contributed by atoms with Crippen molar-refractivity contribution < 1.29 is 9.21 Å². The monoisotopic (exact) mass is 385 g/mol. The summed E-state index contributed by atoms with van der Waals surface area (Å²) in [5.74, 6) is 0.283. The van der Waals surface area contributed by atoms with Crippen molar-refractivity contribution in [2.24, 2.45) is 0 Å². The maximum atomic E-state index is 12.0. The minimum Gasteiger partial charge on any atom is -0.451 e. The molecule has 0 saturated heterocycles. The van der Waals surface area contributed by atoms with E-state index >= 15 is 0 Å². The molecule has 0 aliphatic heterocycles. The molecule has 1 N–H and O–H groups in total. The fourth-order valence-corrected chi connectivity index (χ4v) is 2.68. The molecule has 2 aromatic rings. The Morgan fingerprint density at radius 1 is 1.20 bits per heavy atom. The van der Waals surface area contributed by atoms with E-state index in [-0.39, 0.29) is 5.91 Å². The molecule has 1 amide bonds. The Balaban J connectivity index is 1.85. The summed E-state index contributed by atoms with van der Waals surface area (Å²) in [6.07, 6.45) is 4.70. The van der Waals surface area contributed by atoms with E-state index in [2.05, 4.69) is 27.9 Å². The van der Waals surface area contributed by atoms with Crippen LogP contribution in [0.1, 0.15) is 41.8 Å². The largest absolute Gasteiger partial charge is 0.451 e. The molecule has 0 unspecified atom stereocenters. The molecular weight excluding hydrogens is 365 g/mol. The molecule has 0 aliphatic carbocycles. The average molecular weight is 385 g/mol. The number of halogens is 1. The van der Waals surface area contributed by atoms with E-state index in [9.17, 15) is 4.79 Å². The van der Waals surface area contributed by atoms with Gasteiger partial charge < -0.3 is 9.73 Å². The van der Waals surface area contributed by atoms with E-state index in [1.807, 2.05) is 31.2 Å². The third-order valence-corrected chi connectivity index (χ3v) is 4.00. The van der Waals surface area contributed by atoms with Crippen LogP contribution in [0.2, 0.25) is 0 Å². The molecule has 0 bridgehead atoms. The van der Waals surface area contributed by atoms with Crippen LogP contribution in [0.15, 0.2) is 28.7 Å². The van der Waals surface area contributed by atoms with Gasteiger partial charge in [0.15, 0.2) is 5.76 Å². The van der Waals surface area contributed by atoms with Crippen LogP contribution in [0.3, 0.4) is 0 Å². The molecule has 3 nitrogen and oxygen atoms in total.